The predicted octanol–water partition coefficient (Wildman–Crippen LogP) is -0.0196. The van der Waals surface area contributed by atoms with Gasteiger partial charge in [0, 0.05) is 7.05 Å². The molecule has 8 nitrogen and oxygen atoms in total. The Labute approximate surface area is 126 Å². The number of nitrogens with one attached hydrogen (secondary N) is 1. The number of nitrogens with zero attached hydrogens (tertiary/aromatic N) is 2. The maximum atomic E-state index is 12.5. The van der Waals surface area contributed by atoms with Crippen molar-refractivity contribution in [2.75, 3.05) is 5.32 Å². The van der Waals surface area contributed by atoms with Crippen molar-refractivity contribution in [2.24, 2.45) is 36.5 Å². The summed E-state index contributed by atoms with van der Waals surface area (Å²) >= 11 is 0. The van der Waals surface area contributed by atoms with Crippen LogP contribution in [-0.2, 0) is 16.6 Å². The van der Waals surface area contributed by atoms with Gasteiger partial charge in [-0.15, -0.1) is 0 Å². The zero-order valence-corrected chi connectivity index (χ0v) is 11.9. The number of aliphatic carboxylic acids is 1. The van der Waals surface area contributed by atoms with Gasteiger partial charge in [0.2, 0.25) is 5.91 Å². The van der Waals surface area contributed by atoms with Crippen LogP contribution in [0.4, 0.5) is 5.69 Å². The number of primary amides is 1. The van der Waals surface area contributed by atoms with Gasteiger partial charge < -0.3 is 16.2 Å². The molecule has 0 aromatic carbocycles. The maximum absolute atomic E-state index is 12.5. The van der Waals surface area contributed by atoms with E-state index < -0.39 is 29.6 Å². The number of carbonyl (C=O) groups is 3. The number of hydrogen-bond acceptors (Lipinski definition) is 4. The number of carbonyl (C=O) groups excluding carboxylic acids is 2. The second-order valence-corrected chi connectivity index (χ2v) is 5.72. The van der Waals surface area contributed by atoms with Crippen molar-refractivity contribution in [2.45, 2.75) is 6.42 Å². The highest BCUT2D eigenvalue weighted by atomic mass is 16.4. The number of carboxylic acids is 1. The fourth-order valence-corrected chi connectivity index (χ4v) is 3.55. The van der Waals surface area contributed by atoms with Crippen molar-refractivity contribution >= 4 is 23.5 Å². The van der Waals surface area contributed by atoms with E-state index in [-0.39, 0.29) is 23.2 Å². The third-order valence-electron chi connectivity index (χ3n) is 4.48. The minimum atomic E-state index is -0.974. The molecule has 0 aliphatic heterocycles. The van der Waals surface area contributed by atoms with Gasteiger partial charge in [-0.2, -0.15) is 5.10 Å². The minimum absolute atomic E-state index is 0.0823. The monoisotopic (exact) mass is 304 g/mol. The Bertz CT molecular complexity index is 693. The molecule has 2 aliphatic rings. The molecular weight excluding hydrogens is 288 g/mol. The first-order valence-electron chi connectivity index (χ1n) is 6.94. The summed E-state index contributed by atoms with van der Waals surface area (Å²) < 4.78 is 1.27. The van der Waals surface area contributed by atoms with E-state index in [0.29, 0.717) is 6.42 Å². The largest absolute Gasteiger partial charge is 0.481 e. The second kappa shape index (κ2) is 4.97. The highest BCUT2D eigenvalue weighted by molar-refractivity contribution is 6.03. The summed E-state index contributed by atoms with van der Waals surface area (Å²) in [6, 6.07) is 0. The fraction of sp³-hybridized carbons (Fsp3) is 0.429. The normalized spacial score (nSPS) is 28.8. The molecule has 0 radical (unpaired) electrons. The summed E-state index contributed by atoms with van der Waals surface area (Å²) in [4.78, 5) is 35.4. The molecule has 2 aliphatic carbocycles. The molecule has 116 valence electrons. The van der Waals surface area contributed by atoms with Crippen LogP contribution in [0.2, 0.25) is 0 Å². The SMILES string of the molecule is Cn1ncc(NC(=O)[C@@H]2[C@@H](C(=O)O)[C@H]3C=C[C@H]2C3)c1C(N)=O. The summed E-state index contributed by atoms with van der Waals surface area (Å²) in [6.45, 7) is 0. The molecule has 1 fully saturated rings. The first kappa shape index (κ1) is 14.3. The number of allylic oxidation sites excluding steroid dienone is 2. The molecule has 22 heavy (non-hydrogen) atoms. The summed E-state index contributed by atoms with van der Waals surface area (Å²) in [5.41, 5.74) is 5.56. The number of carboxylic acid groups (broad SMARTS) is 1. The molecule has 3 rings (SSSR count). The third kappa shape index (κ3) is 2.07. The molecule has 1 aromatic rings. The minimum Gasteiger partial charge on any atom is -0.481 e. The molecule has 0 spiro atoms. The van der Waals surface area contributed by atoms with E-state index in [1.54, 1.807) is 0 Å². The maximum Gasteiger partial charge on any atom is 0.307 e. The topological polar surface area (TPSA) is 127 Å². The molecule has 2 amide bonds. The van der Waals surface area contributed by atoms with E-state index in [1.807, 2.05) is 12.2 Å². The van der Waals surface area contributed by atoms with Crippen molar-refractivity contribution in [3.63, 3.8) is 0 Å². The van der Waals surface area contributed by atoms with E-state index >= 15 is 0 Å². The van der Waals surface area contributed by atoms with Gasteiger partial charge in [-0.3, -0.25) is 19.1 Å². The van der Waals surface area contributed by atoms with Gasteiger partial charge in [0.25, 0.3) is 5.91 Å². The van der Waals surface area contributed by atoms with Gasteiger partial charge in [-0.25, -0.2) is 0 Å². The first-order chi connectivity index (χ1) is 10.4. The van der Waals surface area contributed by atoms with Gasteiger partial charge in [0.05, 0.1) is 23.7 Å². The van der Waals surface area contributed by atoms with Gasteiger partial charge in [-0.1, -0.05) is 12.2 Å². The van der Waals surface area contributed by atoms with Crippen LogP contribution in [0.3, 0.4) is 0 Å². The van der Waals surface area contributed by atoms with Gasteiger partial charge in [0.15, 0.2) is 0 Å². The van der Waals surface area contributed by atoms with Crippen LogP contribution in [0.1, 0.15) is 16.9 Å². The van der Waals surface area contributed by atoms with E-state index in [9.17, 15) is 19.5 Å². The van der Waals surface area contributed by atoms with Crippen molar-refractivity contribution in [3.05, 3.63) is 24.0 Å². The Morgan fingerprint density at radius 1 is 1.32 bits per heavy atom. The molecule has 2 bridgehead atoms. The number of anilines is 1. The Morgan fingerprint density at radius 3 is 2.55 bits per heavy atom. The average molecular weight is 304 g/mol. The van der Waals surface area contributed by atoms with Crippen LogP contribution in [0.25, 0.3) is 0 Å². The molecule has 8 heteroatoms. The molecule has 1 saturated carbocycles. The van der Waals surface area contributed by atoms with Crippen molar-refractivity contribution in [1.29, 1.82) is 0 Å². The van der Waals surface area contributed by atoms with Crippen LogP contribution >= 0.6 is 0 Å². The zero-order valence-electron chi connectivity index (χ0n) is 11.9. The van der Waals surface area contributed by atoms with Crippen LogP contribution in [0.15, 0.2) is 18.3 Å². The van der Waals surface area contributed by atoms with Gasteiger partial charge in [-0.05, 0) is 18.3 Å². The second-order valence-electron chi connectivity index (χ2n) is 5.72. The number of fused-ring (bicyclic) bond motifs is 2. The summed E-state index contributed by atoms with van der Waals surface area (Å²) in [5.74, 6) is -3.67. The molecule has 1 heterocycles. The first-order valence-corrected chi connectivity index (χ1v) is 6.94. The molecule has 1 aromatic heterocycles. The van der Waals surface area contributed by atoms with E-state index in [2.05, 4.69) is 10.4 Å². The number of aromatic nitrogens is 2. The highest BCUT2D eigenvalue weighted by Crippen LogP contribution is 2.48. The van der Waals surface area contributed by atoms with Crippen LogP contribution in [-0.4, -0.2) is 32.7 Å². The number of nitrogens with two attached hydrogens (primary N) is 1. The molecule has 4 atom stereocenters. The summed E-state index contributed by atoms with van der Waals surface area (Å²) in [6.07, 6.45) is 5.76. The summed E-state index contributed by atoms with van der Waals surface area (Å²) in [7, 11) is 1.54. The van der Waals surface area contributed by atoms with Crippen LogP contribution < -0.4 is 11.1 Å². The van der Waals surface area contributed by atoms with Crippen molar-refractivity contribution < 1.29 is 19.5 Å². The Kier molecular flexibility index (Phi) is 3.23. The van der Waals surface area contributed by atoms with Crippen molar-refractivity contribution in [3.8, 4) is 0 Å². The standard InChI is InChI=1S/C14H16N4O4/c1-18-11(12(15)19)8(5-16-18)17-13(20)9-6-2-3-7(4-6)10(9)14(21)22/h2-3,5-7,9-10H,4H2,1H3,(H2,15,19)(H,17,20)(H,21,22)/t6-,7-,9-,10-/m0/s1. The van der Waals surface area contributed by atoms with Crippen LogP contribution in [0, 0.1) is 23.7 Å². The lowest BCUT2D eigenvalue weighted by Crippen LogP contribution is -2.36. The number of hydrogen-bond donors (Lipinski definition) is 3. The van der Waals surface area contributed by atoms with Crippen molar-refractivity contribution in [1.82, 2.24) is 9.78 Å². The molecular formula is C14H16N4O4. The highest BCUT2D eigenvalue weighted by Gasteiger charge is 2.51. The van der Waals surface area contributed by atoms with E-state index in [0.717, 1.165) is 0 Å². The van der Waals surface area contributed by atoms with Gasteiger partial charge >= 0.3 is 5.97 Å². The lowest BCUT2D eigenvalue weighted by Gasteiger charge is -2.23. The molecule has 0 unspecified atom stereocenters. The molecule has 0 saturated heterocycles. The smallest absolute Gasteiger partial charge is 0.307 e. The lowest BCUT2D eigenvalue weighted by molar-refractivity contribution is -0.146. The zero-order chi connectivity index (χ0) is 16.0. The fourth-order valence-electron chi connectivity index (χ4n) is 3.55. The number of aryl methyl sites for hydroxylation is 1. The average Bonchev–Trinajstić information content (AvgIpc) is 3.12. The van der Waals surface area contributed by atoms with E-state index in [1.165, 1.54) is 17.9 Å². The summed E-state index contributed by atoms with van der Waals surface area (Å²) in [5, 5.41) is 15.9. The Morgan fingerprint density at radius 2 is 1.95 bits per heavy atom. The predicted molar refractivity (Wildman–Crippen MR) is 75.7 cm³/mol. The van der Waals surface area contributed by atoms with E-state index in [4.69, 9.17) is 5.73 Å². The molecule has 4 N–H and O–H groups in total. The quantitative estimate of drug-likeness (QED) is 0.674. The van der Waals surface area contributed by atoms with Crippen LogP contribution in [0.5, 0.6) is 0 Å². The third-order valence-corrected chi connectivity index (χ3v) is 4.48. The number of amides is 2. The Hall–Kier alpha value is -2.64. The lowest BCUT2D eigenvalue weighted by atomic mass is 9.82. The van der Waals surface area contributed by atoms with Gasteiger partial charge in [0.1, 0.15) is 5.69 Å². The Balaban J connectivity index is 1.85. The number of rotatable bonds is 4.